The molecule has 0 bridgehead atoms. The highest BCUT2D eigenvalue weighted by atomic mass is 35.5. The molecule has 0 saturated carbocycles. The average Bonchev–Trinajstić information content (AvgIpc) is 2.47. The van der Waals surface area contributed by atoms with Gasteiger partial charge in [-0.1, -0.05) is 29.8 Å². The first kappa shape index (κ1) is 17.9. The summed E-state index contributed by atoms with van der Waals surface area (Å²) in [4.78, 5) is 25.0. The van der Waals surface area contributed by atoms with E-state index in [-0.39, 0.29) is 17.9 Å². The van der Waals surface area contributed by atoms with Crippen LogP contribution >= 0.6 is 23.4 Å². The Kier molecular flexibility index (Phi) is 7.61. The molecular weight excluding hydrogens is 308 g/mol. The smallest absolute Gasteiger partial charge is 0.232 e. The second-order valence-corrected chi connectivity index (χ2v) is 6.21. The molecule has 2 amide bonds. The maximum Gasteiger partial charge on any atom is 0.232 e. The van der Waals surface area contributed by atoms with Crippen LogP contribution in [0.2, 0.25) is 5.02 Å². The number of thioether (sulfide) groups is 1. The highest BCUT2D eigenvalue weighted by Gasteiger charge is 2.18. The van der Waals surface area contributed by atoms with Crippen molar-refractivity contribution in [3.05, 3.63) is 34.9 Å². The Labute approximate surface area is 135 Å². The van der Waals surface area contributed by atoms with Crippen LogP contribution in [0.3, 0.4) is 0 Å². The number of halogens is 1. The van der Waals surface area contributed by atoms with Gasteiger partial charge in [0.2, 0.25) is 11.8 Å². The van der Waals surface area contributed by atoms with Gasteiger partial charge < -0.3 is 10.2 Å². The molecule has 1 N–H and O–H groups in total. The minimum atomic E-state index is -0.113. The predicted octanol–water partition coefficient (Wildman–Crippen LogP) is 2.56. The molecule has 1 atom stereocenters. The van der Waals surface area contributed by atoms with Crippen LogP contribution in [-0.2, 0) is 15.3 Å². The van der Waals surface area contributed by atoms with Gasteiger partial charge in [0.05, 0.1) is 5.75 Å². The van der Waals surface area contributed by atoms with Gasteiger partial charge in [-0.3, -0.25) is 9.59 Å². The SMILES string of the molecule is CNC(=O)C[C@H](C)N(C)C(=O)CSCc1ccccc1Cl. The average molecular weight is 329 g/mol. The third-order valence-electron chi connectivity index (χ3n) is 3.26. The van der Waals surface area contributed by atoms with Crippen LogP contribution in [0.15, 0.2) is 24.3 Å². The number of nitrogens with one attached hydrogen (secondary N) is 1. The van der Waals surface area contributed by atoms with E-state index in [1.807, 2.05) is 31.2 Å². The molecule has 1 aromatic carbocycles. The molecule has 0 aromatic heterocycles. The molecule has 0 aliphatic carbocycles. The molecule has 0 aliphatic rings. The molecule has 0 radical (unpaired) electrons. The lowest BCUT2D eigenvalue weighted by atomic mass is 10.2. The molecule has 1 aromatic rings. The number of hydrogen-bond donors (Lipinski definition) is 1. The summed E-state index contributed by atoms with van der Waals surface area (Å²) in [7, 11) is 3.32. The van der Waals surface area contributed by atoms with Crippen LogP contribution < -0.4 is 5.32 Å². The maximum atomic E-state index is 12.1. The summed E-state index contributed by atoms with van der Waals surface area (Å²) in [6, 6.07) is 7.50. The standard InChI is InChI=1S/C15H21ClN2O2S/c1-11(8-14(19)17-2)18(3)15(20)10-21-9-12-6-4-5-7-13(12)16/h4-7,11H,8-10H2,1-3H3,(H,17,19)/t11-/m0/s1. The van der Waals surface area contributed by atoms with E-state index >= 15 is 0 Å². The van der Waals surface area contributed by atoms with E-state index in [0.29, 0.717) is 17.9 Å². The van der Waals surface area contributed by atoms with E-state index in [9.17, 15) is 9.59 Å². The monoisotopic (exact) mass is 328 g/mol. The van der Waals surface area contributed by atoms with Gasteiger partial charge in [-0.2, -0.15) is 0 Å². The van der Waals surface area contributed by atoms with Gasteiger partial charge in [0.15, 0.2) is 0 Å². The zero-order chi connectivity index (χ0) is 15.8. The molecule has 0 heterocycles. The van der Waals surface area contributed by atoms with Crippen molar-refractivity contribution in [1.29, 1.82) is 0 Å². The van der Waals surface area contributed by atoms with Crippen LogP contribution in [0, 0.1) is 0 Å². The molecule has 1 rings (SSSR count). The van der Waals surface area contributed by atoms with Gasteiger partial charge in [0, 0.05) is 37.3 Å². The minimum absolute atomic E-state index is 0.0171. The molecule has 6 heteroatoms. The fourth-order valence-corrected chi connectivity index (χ4v) is 2.95. The summed E-state index contributed by atoms with van der Waals surface area (Å²) < 4.78 is 0. The fourth-order valence-electron chi connectivity index (χ4n) is 1.72. The van der Waals surface area contributed by atoms with Gasteiger partial charge in [-0.25, -0.2) is 0 Å². The summed E-state index contributed by atoms with van der Waals surface area (Å²) in [5.41, 5.74) is 1.03. The number of amides is 2. The van der Waals surface area contributed by atoms with Crippen LogP contribution in [0.5, 0.6) is 0 Å². The third-order valence-corrected chi connectivity index (χ3v) is 4.59. The zero-order valence-corrected chi connectivity index (χ0v) is 14.1. The minimum Gasteiger partial charge on any atom is -0.359 e. The van der Waals surface area contributed by atoms with Crippen molar-refractivity contribution in [2.75, 3.05) is 19.8 Å². The van der Waals surface area contributed by atoms with Crippen LogP contribution in [-0.4, -0.2) is 42.6 Å². The van der Waals surface area contributed by atoms with E-state index in [1.54, 1.807) is 19.0 Å². The van der Waals surface area contributed by atoms with Crippen molar-refractivity contribution in [3.63, 3.8) is 0 Å². The Morgan fingerprint density at radius 1 is 1.38 bits per heavy atom. The quantitative estimate of drug-likeness (QED) is 0.837. The number of benzene rings is 1. The van der Waals surface area contributed by atoms with E-state index < -0.39 is 0 Å². The Bertz CT molecular complexity index is 496. The molecule has 0 fully saturated rings. The van der Waals surface area contributed by atoms with Gasteiger partial charge in [-0.15, -0.1) is 11.8 Å². The number of rotatable bonds is 7. The van der Waals surface area contributed by atoms with Crippen LogP contribution in [0.1, 0.15) is 18.9 Å². The Hall–Kier alpha value is -1.20. The van der Waals surface area contributed by atoms with Crippen molar-refractivity contribution in [1.82, 2.24) is 10.2 Å². The highest BCUT2D eigenvalue weighted by Crippen LogP contribution is 2.21. The van der Waals surface area contributed by atoms with Gasteiger partial charge in [0.1, 0.15) is 0 Å². The number of carbonyl (C=O) groups is 2. The lowest BCUT2D eigenvalue weighted by Crippen LogP contribution is -2.39. The van der Waals surface area contributed by atoms with Crippen LogP contribution in [0.25, 0.3) is 0 Å². The molecule has 0 saturated heterocycles. The van der Waals surface area contributed by atoms with Gasteiger partial charge in [0.25, 0.3) is 0 Å². The first-order chi connectivity index (χ1) is 9.95. The lowest BCUT2D eigenvalue weighted by Gasteiger charge is -2.24. The number of carbonyl (C=O) groups excluding carboxylic acids is 2. The molecule has 4 nitrogen and oxygen atoms in total. The molecule has 21 heavy (non-hydrogen) atoms. The number of hydrogen-bond acceptors (Lipinski definition) is 3. The normalized spacial score (nSPS) is 11.8. The zero-order valence-electron chi connectivity index (χ0n) is 12.6. The third kappa shape index (κ3) is 5.98. The summed E-state index contributed by atoms with van der Waals surface area (Å²) in [5, 5.41) is 3.28. The van der Waals surface area contributed by atoms with Crippen LogP contribution in [0.4, 0.5) is 0 Å². The second-order valence-electron chi connectivity index (χ2n) is 4.82. The highest BCUT2D eigenvalue weighted by molar-refractivity contribution is 7.99. The number of nitrogens with zero attached hydrogens (tertiary/aromatic N) is 1. The first-order valence-corrected chi connectivity index (χ1v) is 8.26. The molecule has 0 aliphatic heterocycles. The molecule has 0 spiro atoms. The van der Waals surface area contributed by atoms with Crippen molar-refractivity contribution in [3.8, 4) is 0 Å². The van der Waals surface area contributed by atoms with E-state index in [1.165, 1.54) is 11.8 Å². The first-order valence-electron chi connectivity index (χ1n) is 6.73. The summed E-state index contributed by atoms with van der Waals surface area (Å²) in [5.74, 6) is 1.03. The Balaban J connectivity index is 2.39. The van der Waals surface area contributed by atoms with Crippen molar-refractivity contribution >= 4 is 35.2 Å². The van der Waals surface area contributed by atoms with Crippen molar-refractivity contribution in [2.45, 2.75) is 25.1 Å². The molecule has 116 valence electrons. The topological polar surface area (TPSA) is 49.4 Å². The maximum absolute atomic E-state index is 12.1. The second kappa shape index (κ2) is 8.95. The summed E-state index contributed by atoms with van der Waals surface area (Å²) >= 11 is 7.60. The van der Waals surface area contributed by atoms with Crippen molar-refractivity contribution in [2.24, 2.45) is 0 Å². The van der Waals surface area contributed by atoms with E-state index in [4.69, 9.17) is 11.6 Å². The molecular formula is C15H21ClN2O2S. The van der Waals surface area contributed by atoms with Gasteiger partial charge >= 0.3 is 0 Å². The largest absolute Gasteiger partial charge is 0.359 e. The van der Waals surface area contributed by atoms with Crippen molar-refractivity contribution < 1.29 is 9.59 Å². The summed E-state index contributed by atoms with van der Waals surface area (Å²) in [6.07, 6.45) is 0.313. The lowest BCUT2D eigenvalue weighted by molar-refractivity contribution is -0.130. The van der Waals surface area contributed by atoms with Gasteiger partial charge in [-0.05, 0) is 18.6 Å². The Morgan fingerprint density at radius 2 is 2.05 bits per heavy atom. The fraction of sp³-hybridized carbons (Fsp3) is 0.467. The molecule has 0 unspecified atom stereocenters. The Morgan fingerprint density at radius 3 is 2.67 bits per heavy atom. The van der Waals surface area contributed by atoms with E-state index in [2.05, 4.69) is 5.32 Å². The summed E-state index contributed by atoms with van der Waals surface area (Å²) in [6.45, 7) is 1.87. The van der Waals surface area contributed by atoms with E-state index in [0.717, 1.165) is 10.6 Å². The predicted molar refractivity (Wildman–Crippen MR) is 88.5 cm³/mol.